The molecule has 1 aromatic heterocycles. The summed E-state index contributed by atoms with van der Waals surface area (Å²) in [6.07, 6.45) is 5.01. The maximum absolute atomic E-state index is 13.3. The number of allylic oxidation sites excluding steroid dienone is 1. The van der Waals surface area contributed by atoms with Gasteiger partial charge in [-0.15, -0.1) is 0 Å². The molecule has 0 saturated heterocycles. The van der Waals surface area contributed by atoms with Crippen molar-refractivity contribution in [3.05, 3.63) is 88.0 Å². The lowest BCUT2D eigenvalue weighted by atomic mass is 9.69. The van der Waals surface area contributed by atoms with Crippen molar-refractivity contribution in [2.24, 2.45) is 5.41 Å². The Morgan fingerprint density at radius 2 is 1.76 bits per heavy atom. The van der Waals surface area contributed by atoms with Crippen molar-refractivity contribution < 1.29 is 9.50 Å². The fourth-order valence-electron chi connectivity index (χ4n) is 4.52. The molecule has 3 nitrogen and oxygen atoms in total. The Bertz CT molecular complexity index is 1060. The van der Waals surface area contributed by atoms with E-state index in [1.165, 1.54) is 17.7 Å². The molecule has 0 bridgehead atoms. The molecule has 3 aromatic rings. The van der Waals surface area contributed by atoms with Crippen molar-refractivity contribution in [2.75, 3.05) is 0 Å². The van der Waals surface area contributed by atoms with Gasteiger partial charge in [-0.2, -0.15) is 5.10 Å². The van der Waals surface area contributed by atoms with Gasteiger partial charge in [-0.1, -0.05) is 30.7 Å². The first-order valence-electron chi connectivity index (χ1n) is 10.0. The number of aliphatic hydroxyl groups excluding tert-OH is 1. The number of benzene rings is 2. The Balaban J connectivity index is 1.65. The summed E-state index contributed by atoms with van der Waals surface area (Å²) >= 11 is 0. The van der Waals surface area contributed by atoms with Gasteiger partial charge < -0.3 is 5.11 Å². The molecule has 1 N–H and O–H groups in total. The van der Waals surface area contributed by atoms with E-state index in [1.54, 1.807) is 12.1 Å². The third kappa shape index (κ3) is 3.53. The zero-order valence-electron chi connectivity index (χ0n) is 17.4. The minimum absolute atomic E-state index is 0.155. The molecule has 1 aliphatic rings. The second-order valence-corrected chi connectivity index (χ2v) is 8.53. The minimum atomic E-state index is -0.516. The molecule has 1 heterocycles. The van der Waals surface area contributed by atoms with Crippen LogP contribution in [0, 0.1) is 25.1 Å². The van der Waals surface area contributed by atoms with Gasteiger partial charge in [0.15, 0.2) is 0 Å². The number of aromatic nitrogens is 2. The van der Waals surface area contributed by atoms with Crippen LogP contribution in [0.4, 0.5) is 4.39 Å². The van der Waals surface area contributed by atoms with Crippen LogP contribution in [0.2, 0.25) is 0 Å². The number of aliphatic hydroxyl groups is 1. The van der Waals surface area contributed by atoms with E-state index in [-0.39, 0.29) is 11.2 Å². The van der Waals surface area contributed by atoms with Crippen LogP contribution in [-0.2, 0) is 6.42 Å². The van der Waals surface area contributed by atoms with Crippen LogP contribution in [-0.4, -0.2) is 14.9 Å². The molecule has 0 fully saturated rings. The van der Waals surface area contributed by atoms with Crippen LogP contribution in [0.25, 0.3) is 11.8 Å². The van der Waals surface area contributed by atoms with E-state index in [2.05, 4.69) is 51.0 Å². The lowest BCUT2D eigenvalue weighted by Gasteiger charge is -2.36. The van der Waals surface area contributed by atoms with Gasteiger partial charge >= 0.3 is 0 Å². The third-order valence-corrected chi connectivity index (χ3v) is 6.36. The highest BCUT2D eigenvalue weighted by molar-refractivity contribution is 5.60. The van der Waals surface area contributed by atoms with Crippen molar-refractivity contribution in [3.8, 4) is 5.69 Å². The quantitative estimate of drug-likeness (QED) is 0.619. The largest absolute Gasteiger partial charge is 0.388 e. The fraction of sp³-hybridized carbons (Fsp3) is 0.320. The van der Waals surface area contributed by atoms with E-state index in [9.17, 15) is 9.50 Å². The summed E-state index contributed by atoms with van der Waals surface area (Å²) in [5, 5.41) is 15.6. The van der Waals surface area contributed by atoms with Gasteiger partial charge in [0, 0.05) is 0 Å². The van der Waals surface area contributed by atoms with E-state index in [4.69, 9.17) is 0 Å². The molecule has 0 aliphatic heterocycles. The topological polar surface area (TPSA) is 38.0 Å². The number of fused-ring (bicyclic) bond motifs is 1. The Morgan fingerprint density at radius 1 is 1.10 bits per heavy atom. The number of halogens is 1. The molecular weight excluding hydrogens is 363 g/mol. The van der Waals surface area contributed by atoms with Crippen molar-refractivity contribution in [1.29, 1.82) is 0 Å². The number of rotatable bonds is 4. The molecule has 1 aliphatic carbocycles. The summed E-state index contributed by atoms with van der Waals surface area (Å²) in [5.41, 5.74) is 7.39. The molecular formula is C25H27FN2O. The molecule has 2 atom stereocenters. The van der Waals surface area contributed by atoms with E-state index < -0.39 is 6.10 Å². The van der Waals surface area contributed by atoms with E-state index in [1.807, 2.05) is 16.9 Å². The Kier molecular flexibility index (Phi) is 4.91. The predicted octanol–water partition coefficient (Wildman–Crippen LogP) is 5.72. The van der Waals surface area contributed by atoms with Crippen LogP contribution in [0.15, 0.2) is 54.2 Å². The van der Waals surface area contributed by atoms with Gasteiger partial charge in [0.1, 0.15) is 5.82 Å². The summed E-state index contributed by atoms with van der Waals surface area (Å²) in [4.78, 5) is 0. The molecule has 2 unspecified atom stereocenters. The lowest BCUT2D eigenvalue weighted by molar-refractivity contribution is 0.120. The monoisotopic (exact) mass is 390 g/mol. The highest BCUT2D eigenvalue weighted by Crippen LogP contribution is 2.45. The molecule has 0 spiro atoms. The van der Waals surface area contributed by atoms with E-state index in [0.717, 1.165) is 40.1 Å². The molecule has 4 heteroatoms. The summed E-state index contributed by atoms with van der Waals surface area (Å²) in [6.45, 7) is 8.46. The van der Waals surface area contributed by atoms with Gasteiger partial charge in [0.25, 0.3) is 0 Å². The number of hydrogen-bond donors (Lipinski definition) is 1. The van der Waals surface area contributed by atoms with Gasteiger partial charge in [-0.3, -0.25) is 0 Å². The molecule has 29 heavy (non-hydrogen) atoms. The average Bonchev–Trinajstić information content (AvgIpc) is 3.04. The van der Waals surface area contributed by atoms with Crippen molar-refractivity contribution in [2.45, 2.75) is 46.6 Å². The first kappa shape index (κ1) is 19.6. The minimum Gasteiger partial charge on any atom is -0.388 e. The molecule has 0 radical (unpaired) electrons. The molecule has 150 valence electrons. The van der Waals surface area contributed by atoms with Crippen LogP contribution in [0.3, 0.4) is 0 Å². The molecule has 2 aromatic carbocycles. The number of nitrogens with zero attached hydrogens (tertiary/aromatic N) is 2. The summed E-state index contributed by atoms with van der Waals surface area (Å²) < 4.78 is 15.1. The first-order valence-corrected chi connectivity index (χ1v) is 10.0. The SMILES string of the molecule is CC1=Cc2c(cnn2-c2ccc(F)cc2)CC1(C)CC(O)c1c(C)cccc1C. The second-order valence-electron chi connectivity index (χ2n) is 8.53. The van der Waals surface area contributed by atoms with Crippen molar-refractivity contribution >= 4 is 6.08 Å². The zero-order chi connectivity index (χ0) is 20.8. The predicted molar refractivity (Wildman–Crippen MR) is 114 cm³/mol. The highest BCUT2D eigenvalue weighted by atomic mass is 19.1. The summed E-state index contributed by atoms with van der Waals surface area (Å²) in [5.74, 6) is -0.255. The van der Waals surface area contributed by atoms with Gasteiger partial charge in [0.2, 0.25) is 0 Å². The zero-order valence-corrected chi connectivity index (χ0v) is 17.4. The Hall–Kier alpha value is -2.72. The van der Waals surface area contributed by atoms with Crippen molar-refractivity contribution in [3.63, 3.8) is 0 Å². The molecule has 0 saturated carbocycles. The Morgan fingerprint density at radius 3 is 2.41 bits per heavy atom. The molecule has 4 rings (SSSR count). The van der Waals surface area contributed by atoms with Gasteiger partial charge in [-0.05, 0) is 91.6 Å². The second kappa shape index (κ2) is 7.27. The number of aryl methyl sites for hydroxylation is 2. The van der Waals surface area contributed by atoms with Crippen LogP contribution in [0.1, 0.15) is 54.3 Å². The van der Waals surface area contributed by atoms with Crippen LogP contribution >= 0.6 is 0 Å². The number of hydrogen-bond acceptors (Lipinski definition) is 2. The summed E-state index contributed by atoms with van der Waals surface area (Å²) in [7, 11) is 0. The third-order valence-electron chi connectivity index (χ3n) is 6.36. The standard InChI is InChI=1S/C25H27FN2O/c1-16-6-5-7-17(2)24(16)23(29)14-25(4)13-19-15-27-28(22(19)12-18(25)3)21-10-8-20(26)9-11-21/h5-12,15,23,29H,13-14H2,1-4H3. The van der Waals surface area contributed by atoms with Gasteiger partial charge in [-0.25, -0.2) is 9.07 Å². The highest BCUT2D eigenvalue weighted by Gasteiger charge is 2.35. The van der Waals surface area contributed by atoms with E-state index >= 15 is 0 Å². The first-order chi connectivity index (χ1) is 13.8. The van der Waals surface area contributed by atoms with Crippen LogP contribution < -0.4 is 0 Å². The summed E-state index contributed by atoms with van der Waals surface area (Å²) in [6, 6.07) is 12.5. The average molecular weight is 391 g/mol. The Labute approximate surface area is 171 Å². The van der Waals surface area contributed by atoms with E-state index in [0.29, 0.717) is 6.42 Å². The smallest absolute Gasteiger partial charge is 0.123 e. The maximum atomic E-state index is 13.3. The van der Waals surface area contributed by atoms with Crippen molar-refractivity contribution in [1.82, 2.24) is 9.78 Å². The fourth-order valence-corrected chi connectivity index (χ4v) is 4.52. The normalized spacial score (nSPS) is 19.6. The maximum Gasteiger partial charge on any atom is 0.123 e. The van der Waals surface area contributed by atoms with Gasteiger partial charge in [0.05, 0.1) is 23.7 Å². The lowest BCUT2D eigenvalue weighted by Crippen LogP contribution is -2.27. The van der Waals surface area contributed by atoms with Crippen LogP contribution in [0.5, 0.6) is 0 Å². The molecule has 0 amide bonds.